The Morgan fingerprint density at radius 2 is 2.00 bits per heavy atom. The third kappa shape index (κ3) is 1.23. The number of likely N-dealkylation sites (N-methyl/N-ethyl adjacent to an activating group) is 1. The fraction of sp³-hybridized carbons (Fsp3) is 0.333. The fourth-order valence-electron chi connectivity index (χ4n) is 2.21. The van der Waals surface area contributed by atoms with E-state index in [0.717, 1.165) is 5.56 Å². The Morgan fingerprint density at radius 3 is 2.44 bits per heavy atom. The Kier molecular flexibility index (Phi) is 2.42. The predicted molar refractivity (Wildman–Crippen MR) is 61.6 cm³/mol. The van der Waals surface area contributed by atoms with Crippen molar-refractivity contribution in [2.75, 3.05) is 7.05 Å². The minimum Gasteiger partial charge on any atom is -0.494 e. The molecule has 0 aliphatic carbocycles. The van der Waals surface area contributed by atoms with Crippen molar-refractivity contribution < 1.29 is 9.90 Å². The molecule has 1 N–H and O–H groups in total. The third-order valence-electron chi connectivity index (χ3n) is 3.19. The van der Waals surface area contributed by atoms with Crippen LogP contribution in [0.5, 0.6) is 0 Å². The summed E-state index contributed by atoms with van der Waals surface area (Å²) in [6.45, 7) is 1.92. The van der Waals surface area contributed by atoms with Crippen molar-refractivity contribution >= 4 is 11.9 Å². The van der Waals surface area contributed by atoms with Crippen LogP contribution in [0.25, 0.3) is 0 Å². The molecule has 4 nitrogen and oxygen atoms in total. The average molecular weight is 218 g/mol. The van der Waals surface area contributed by atoms with E-state index >= 15 is 0 Å². The van der Waals surface area contributed by atoms with Gasteiger partial charge in [0.05, 0.1) is 0 Å². The smallest absolute Gasteiger partial charge is 0.347 e. The van der Waals surface area contributed by atoms with Crippen molar-refractivity contribution in [3.8, 4) is 0 Å². The number of aliphatic imine (C=N–C) groups is 1. The lowest BCUT2D eigenvalue weighted by atomic mass is 9.86. The Balaban J connectivity index is 2.57. The maximum atomic E-state index is 11.5. The van der Waals surface area contributed by atoms with Crippen LogP contribution in [-0.2, 0) is 5.54 Å². The zero-order chi connectivity index (χ0) is 11.8. The Hall–Kier alpha value is -1.84. The molecule has 0 aromatic heterocycles. The number of hydrogen-bond acceptors (Lipinski definition) is 1. The Labute approximate surface area is 94.2 Å². The molecule has 1 atom stereocenters. The molecule has 0 saturated heterocycles. The van der Waals surface area contributed by atoms with Crippen LogP contribution < -0.4 is 0 Å². The van der Waals surface area contributed by atoms with Crippen LogP contribution in [0.3, 0.4) is 0 Å². The van der Waals surface area contributed by atoms with E-state index in [1.165, 1.54) is 4.90 Å². The summed E-state index contributed by atoms with van der Waals surface area (Å²) < 4.78 is 0. The van der Waals surface area contributed by atoms with Gasteiger partial charge in [-0.1, -0.05) is 37.3 Å². The molecule has 0 radical (unpaired) electrons. The van der Waals surface area contributed by atoms with Crippen LogP contribution in [-0.4, -0.2) is 29.0 Å². The second-order valence-corrected chi connectivity index (χ2v) is 3.86. The standard InChI is InChI=1S/C12H14N2O2/c1-3-12(9-7-5-4-6-8-9)10(15)13-11(16)14(12)2/h4-8H,3H2,1-2H3,(H,13,15,16). The van der Waals surface area contributed by atoms with Crippen LogP contribution >= 0.6 is 0 Å². The van der Waals surface area contributed by atoms with Crippen LogP contribution in [0.4, 0.5) is 4.79 Å². The molecule has 0 bridgehead atoms. The minimum atomic E-state index is -0.793. The number of carbonyl (C=O) groups is 1. The molecule has 0 fully saturated rings. The van der Waals surface area contributed by atoms with E-state index in [1.807, 2.05) is 37.3 Å². The van der Waals surface area contributed by atoms with E-state index in [-0.39, 0.29) is 5.90 Å². The molecule has 1 aromatic carbocycles. The molecule has 0 spiro atoms. The molecule has 16 heavy (non-hydrogen) atoms. The van der Waals surface area contributed by atoms with Crippen molar-refractivity contribution in [2.24, 2.45) is 4.99 Å². The number of rotatable bonds is 2. The highest BCUT2D eigenvalue weighted by Gasteiger charge is 2.48. The van der Waals surface area contributed by atoms with E-state index < -0.39 is 11.6 Å². The van der Waals surface area contributed by atoms with E-state index in [0.29, 0.717) is 6.42 Å². The van der Waals surface area contributed by atoms with Crippen molar-refractivity contribution in [2.45, 2.75) is 18.9 Å². The predicted octanol–water partition coefficient (Wildman–Crippen LogP) is 2.31. The Morgan fingerprint density at radius 1 is 1.38 bits per heavy atom. The largest absolute Gasteiger partial charge is 0.494 e. The van der Waals surface area contributed by atoms with E-state index in [1.54, 1.807) is 7.05 Å². The lowest BCUT2D eigenvalue weighted by molar-refractivity contribution is 0.181. The number of nitrogens with zero attached hydrogens (tertiary/aromatic N) is 2. The number of hydrogen-bond donors (Lipinski definition) is 1. The molecule has 1 heterocycles. The summed E-state index contributed by atoms with van der Waals surface area (Å²) in [5.41, 5.74) is 0.0883. The second-order valence-electron chi connectivity index (χ2n) is 3.86. The summed E-state index contributed by atoms with van der Waals surface area (Å²) in [6, 6.07) is 9.06. The fourth-order valence-corrected chi connectivity index (χ4v) is 2.21. The van der Waals surface area contributed by atoms with Crippen molar-refractivity contribution in [1.29, 1.82) is 0 Å². The summed E-state index contributed by atoms with van der Waals surface area (Å²) in [6.07, 6.45) is 0.592. The van der Waals surface area contributed by atoms with Gasteiger partial charge in [0.1, 0.15) is 5.54 Å². The second kappa shape index (κ2) is 3.63. The minimum absolute atomic E-state index is 0.117. The van der Waals surface area contributed by atoms with Gasteiger partial charge in [-0.2, -0.15) is 4.99 Å². The highest BCUT2D eigenvalue weighted by Crippen LogP contribution is 2.36. The normalized spacial score (nSPS) is 24.8. The molecule has 1 aromatic rings. The maximum Gasteiger partial charge on any atom is 0.347 e. The quantitative estimate of drug-likeness (QED) is 0.828. The van der Waals surface area contributed by atoms with E-state index in [2.05, 4.69) is 4.99 Å². The van der Waals surface area contributed by atoms with Crippen molar-refractivity contribution in [3.05, 3.63) is 35.9 Å². The molecule has 2 amide bonds. The van der Waals surface area contributed by atoms with Gasteiger partial charge in [-0.05, 0) is 12.0 Å². The highest BCUT2D eigenvalue weighted by molar-refractivity contribution is 6.03. The van der Waals surface area contributed by atoms with Crippen molar-refractivity contribution in [1.82, 2.24) is 4.90 Å². The van der Waals surface area contributed by atoms with Crippen LogP contribution in [0.2, 0.25) is 0 Å². The topological polar surface area (TPSA) is 52.9 Å². The van der Waals surface area contributed by atoms with E-state index in [9.17, 15) is 9.90 Å². The summed E-state index contributed by atoms with van der Waals surface area (Å²) in [7, 11) is 1.66. The molecular weight excluding hydrogens is 204 g/mol. The van der Waals surface area contributed by atoms with E-state index in [4.69, 9.17) is 0 Å². The van der Waals surface area contributed by atoms with Gasteiger partial charge in [-0.3, -0.25) is 0 Å². The number of aliphatic hydroxyl groups excluding tert-OH is 1. The number of urea groups is 1. The van der Waals surface area contributed by atoms with Gasteiger partial charge in [-0.25, -0.2) is 4.79 Å². The number of amides is 2. The Bertz CT molecular complexity index is 442. The maximum absolute atomic E-state index is 11.5. The number of carbonyl (C=O) groups excluding carboxylic acids is 1. The van der Waals surface area contributed by atoms with Gasteiger partial charge in [0.15, 0.2) is 0 Å². The average Bonchev–Trinajstić information content (AvgIpc) is 2.52. The summed E-state index contributed by atoms with van der Waals surface area (Å²) in [5.74, 6) is -0.117. The van der Waals surface area contributed by atoms with Gasteiger partial charge in [-0.15, -0.1) is 0 Å². The van der Waals surface area contributed by atoms with Gasteiger partial charge in [0.25, 0.3) is 0 Å². The first kappa shape index (κ1) is 10.7. The number of benzene rings is 1. The molecule has 1 aliphatic rings. The SMILES string of the molecule is CCC1(c2ccccc2)C(O)=NC(=O)N1C. The third-order valence-corrected chi connectivity index (χ3v) is 3.19. The highest BCUT2D eigenvalue weighted by atomic mass is 16.3. The molecule has 2 rings (SSSR count). The van der Waals surface area contributed by atoms with Gasteiger partial charge in [0, 0.05) is 7.05 Å². The first-order valence-corrected chi connectivity index (χ1v) is 5.24. The lowest BCUT2D eigenvalue weighted by Crippen LogP contribution is -2.46. The van der Waals surface area contributed by atoms with Gasteiger partial charge in [0.2, 0.25) is 5.90 Å². The molecule has 1 aliphatic heterocycles. The molecule has 4 heteroatoms. The molecule has 0 saturated carbocycles. The summed E-state index contributed by atoms with van der Waals surface area (Å²) in [5, 5.41) is 9.92. The summed E-state index contributed by atoms with van der Waals surface area (Å²) >= 11 is 0. The van der Waals surface area contributed by atoms with Crippen LogP contribution in [0.1, 0.15) is 18.9 Å². The van der Waals surface area contributed by atoms with Crippen LogP contribution in [0, 0.1) is 0 Å². The van der Waals surface area contributed by atoms with Gasteiger partial charge >= 0.3 is 6.03 Å². The summed E-state index contributed by atoms with van der Waals surface area (Å²) in [4.78, 5) is 16.6. The lowest BCUT2D eigenvalue weighted by Gasteiger charge is -2.34. The monoisotopic (exact) mass is 218 g/mol. The molecule has 1 unspecified atom stereocenters. The molecular formula is C12H14N2O2. The zero-order valence-electron chi connectivity index (χ0n) is 9.34. The number of aliphatic hydroxyl groups is 1. The van der Waals surface area contributed by atoms with Crippen LogP contribution in [0.15, 0.2) is 35.3 Å². The zero-order valence-corrected chi connectivity index (χ0v) is 9.34. The van der Waals surface area contributed by atoms with Gasteiger partial charge < -0.3 is 10.0 Å². The van der Waals surface area contributed by atoms with Crippen molar-refractivity contribution in [3.63, 3.8) is 0 Å². The molecule has 84 valence electrons. The first-order valence-electron chi connectivity index (χ1n) is 5.24. The first-order chi connectivity index (χ1) is 7.63.